The number of guanidine groups is 1. The summed E-state index contributed by atoms with van der Waals surface area (Å²) in [4.78, 5) is 38.5. The monoisotopic (exact) mass is 359 g/mol. The fourth-order valence-corrected chi connectivity index (χ4v) is 1.98. The molecular weight excluding hydrogens is 330 g/mol. The minimum Gasteiger partial charge on any atom is -0.480 e. The van der Waals surface area contributed by atoms with E-state index >= 15 is 0 Å². The van der Waals surface area contributed by atoms with Crippen LogP contribution in [-0.4, -0.2) is 60.6 Å². The number of carbonyl (C=O) groups is 3. The molecular formula is C14H29N7O4. The van der Waals surface area contributed by atoms with Gasteiger partial charge in [-0.05, 0) is 32.2 Å². The van der Waals surface area contributed by atoms with Crippen LogP contribution in [0.3, 0.4) is 0 Å². The van der Waals surface area contributed by atoms with Crippen LogP contribution in [0.25, 0.3) is 0 Å². The number of rotatable bonds is 13. The second kappa shape index (κ2) is 13.0. The molecule has 0 rings (SSSR count). The molecule has 2 amide bonds. The summed E-state index contributed by atoms with van der Waals surface area (Å²) in [7, 11) is 0. The first-order valence-corrected chi connectivity index (χ1v) is 8.08. The topological polar surface area (TPSA) is 212 Å². The summed E-state index contributed by atoms with van der Waals surface area (Å²) < 4.78 is 0. The van der Waals surface area contributed by atoms with Crippen molar-refractivity contribution >= 4 is 23.7 Å². The van der Waals surface area contributed by atoms with Gasteiger partial charge in [-0.2, -0.15) is 0 Å². The van der Waals surface area contributed by atoms with Gasteiger partial charge in [-0.25, -0.2) is 0 Å². The minimum absolute atomic E-state index is 0.0714. The average Bonchev–Trinajstić information content (AvgIpc) is 2.54. The van der Waals surface area contributed by atoms with Gasteiger partial charge in [-0.15, -0.1) is 0 Å². The summed E-state index contributed by atoms with van der Waals surface area (Å²) in [5.74, 6) is -2.33. The predicted octanol–water partition coefficient (Wildman–Crippen LogP) is -2.82. The van der Waals surface area contributed by atoms with Crippen LogP contribution in [0.15, 0.2) is 4.99 Å². The fourth-order valence-electron chi connectivity index (χ4n) is 1.98. The lowest BCUT2D eigenvalue weighted by Gasteiger charge is -2.20. The average molecular weight is 359 g/mol. The van der Waals surface area contributed by atoms with Crippen LogP contribution in [0.1, 0.15) is 32.1 Å². The number of aliphatic imine (C=N–C) groups is 1. The Balaban J connectivity index is 4.63. The van der Waals surface area contributed by atoms with Gasteiger partial charge in [0.2, 0.25) is 11.8 Å². The smallest absolute Gasteiger partial charge is 0.322 e. The molecule has 0 spiro atoms. The molecule has 0 saturated carbocycles. The third kappa shape index (κ3) is 11.7. The van der Waals surface area contributed by atoms with Gasteiger partial charge in [0.05, 0.1) is 6.04 Å². The van der Waals surface area contributed by atoms with Gasteiger partial charge >= 0.3 is 5.97 Å². The Hall–Kier alpha value is -2.40. The van der Waals surface area contributed by atoms with Crippen molar-refractivity contribution < 1.29 is 19.5 Å². The van der Waals surface area contributed by atoms with Crippen molar-refractivity contribution in [3.8, 4) is 0 Å². The molecule has 0 aromatic carbocycles. The Bertz CT molecular complexity index is 466. The molecule has 25 heavy (non-hydrogen) atoms. The maximum Gasteiger partial charge on any atom is 0.322 e. The van der Waals surface area contributed by atoms with Gasteiger partial charge in [0.1, 0.15) is 12.6 Å². The number of nitrogens with zero attached hydrogens (tertiary/aromatic N) is 1. The number of amides is 2. The van der Waals surface area contributed by atoms with E-state index in [0.29, 0.717) is 25.8 Å². The predicted molar refractivity (Wildman–Crippen MR) is 93.4 cm³/mol. The van der Waals surface area contributed by atoms with Crippen LogP contribution in [0.4, 0.5) is 0 Å². The van der Waals surface area contributed by atoms with Gasteiger partial charge < -0.3 is 38.7 Å². The minimum atomic E-state index is -1.18. The molecule has 0 saturated heterocycles. The summed E-state index contributed by atoms with van der Waals surface area (Å²) in [5.41, 5.74) is 21.6. The van der Waals surface area contributed by atoms with Crippen LogP contribution in [-0.2, 0) is 14.4 Å². The van der Waals surface area contributed by atoms with Crippen molar-refractivity contribution in [2.45, 2.75) is 44.2 Å². The molecule has 11 heteroatoms. The summed E-state index contributed by atoms with van der Waals surface area (Å²) in [5, 5.41) is 13.4. The van der Waals surface area contributed by atoms with Gasteiger partial charge in [0.25, 0.3) is 0 Å². The molecule has 0 radical (unpaired) electrons. The van der Waals surface area contributed by atoms with E-state index in [1.54, 1.807) is 0 Å². The number of carbonyl (C=O) groups excluding carboxylic acids is 2. The first-order chi connectivity index (χ1) is 11.8. The normalized spacial score (nSPS) is 12.7. The summed E-state index contributed by atoms with van der Waals surface area (Å²) in [6, 6.07) is -1.68. The summed E-state index contributed by atoms with van der Waals surface area (Å²) in [6.45, 7) is 0.254. The third-order valence-electron chi connectivity index (χ3n) is 3.30. The van der Waals surface area contributed by atoms with Gasteiger partial charge in [-0.1, -0.05) is 6.42 Å². The second-order valence-electron chi connectivity index (χ2n) is 5.51. The summed E-state index contributed by atoms with van der Waals surface area (Å²) in [6.07, 6.45) is 2.56. The number of hydrogen-bond donors (Lipinski definition) is 7. The largest absolute Gasteiger partial charge is 0.480 e. The van der Waals surface area contributed by atoms with E-state index in [1.165, 1.54) is 0 Å². The lowest BCUT2D eigenvalue weighted by molar-refractivity contribution is -0.138. The highest BCUT2D eigenvalue weighted by Gasteiger charge is 2.23. The van der Waals surface area contributed by atoms with Crippen molar-refractivity contribution in [3.63, 3.8) is 0 Å². The Kier molecular flexibility index (Phi) is 11.7. The van der Waals surface area contributed by atoms with Crippen molar-refractivity contribution in [2.24, 2.45) is 27.9 Å². The van der Waals surface area contributed by atoms with E-state index in [9.17, 15) is 14.4 Å². The van der Waals surface area contributed by atoms with Crippen LogP contribution >= 0.6 is 0 Å². The van der Waals surface area contributed by atoms with Crippen molar-refractivity contribution in [1.29, 1.82) is 0 Å². The van der Waals surface area contributed by atoms with E-state index in [1.807, 2.05) is 0 Å². The second-order valence-corrected chi connectivity index (χ2v) is 5.51. The zero-order chi connectivity index (χ0) is 19.2. The van der Waals surface area contributed by atoms with Crippen LogP contribution in [0, 0.1) is 0 Å². The maximum atomic E-state index is 12.1. The highest BCUT2D eigenvalue weighted by Crippen LogP contribution is 2.02. The molecule has 2 atom stereocenters. The molecule has 0 aromatic heterocycles. The number of carboxylic acids is 1. The molecule has 0 aliphatic heterocycles. The number of nitrogens with two attached hydrogens (primary N) is 4. The van der Waals surface area contributed by atoms with E-state index in [0.717, 1.165) is 6.42 Å². The molecule has 11 nitrogen and oxygen atoms in total. The van der Waals surface area contributed by atoms with Crippen molar-refractivity contribution in [3.05, 3.63) is 0 Å². The molecule has 0 fully saturated rings. The fraction of sp³-hybridized carbons (Fsp3) is 0.714. The molecule has 0 heterocycles. The SMILES string of the molecule is NCCCCC(N)C(=O)NC(CCCN=C(N)N)C(=O)NCC(=O)O. The molecule has 11 N–H and O–H groups in total. The molecule has 2 unspecified atom stereocenters. The lowest BCUT2D eigenvalue weighted by atomic mass is 10.1. The van der Waals surface area contributed by atoms with Gasteiger partial charge in [0.15, 0.2) is 5.96 Å². The highest BCUT2D eigenvalue weighted by molar-refractivity contribution is 5.90. The quantitative estimate of drug-likeness (QED) is 0.103. The molecule has 0 bridgehead atoms. The summed E-state index contributed by atoms with van der Waals surface area (Å²) >= 11 is 0. The molecule has 0 aliphatic carbocycles. The van der Waals surface area contributed by atoms with Crippen LogP contribution in [0.2, 0.25) is 0 Å². The number of aliphatic carboxylic acids is 1. The van der Waals surface area contributed by atoms with Crippen LogP contribution < -0.4 is 33.6 Å². The Morgan fingerprint density at radius 1 is 1.04 bits per heavy atom. The van der Waals surface area contributed by atoms with Crippen molar-refractivity contribution in [2.75, 3.05) is 19.6 Å². The first kappa shape index (κ1) is 22.6. The first-order valence-electron chi connectivity index (χ1n) is 8.08. The zero-order valence-corrected chi connectivity index (χ0v) is 14.2. The van der Waals surface area contributed by atoms with Crippen molar-refractivity contribution in [1.82, 2.24) is 10.6 Å². The Labute approximate surface area is 146 Å². The Morgan fingerprint density at radius 2 is 1.72 bits per heavy atom. The van der Waals surface area contributed by atoms with Gasteiger partial charge in [0, 0.05) is 6.54 Å². The number of carboxylic acid groups (broad SMARTS) is 1. The molecule has 0 aromatic rings. The van der Waals surface area contributed by atoms with E-state index in [2.05, 4.69) is 15.6 Å². The number of nitrogens with one attached hydrogen (secondary N) is 2. The van der Waals surface area contributed by atoms with Crippen LogP contribution in [0.5, 0.6) is 0 Å². The maximum absolute atomic E-state index is 12.1. The van der Waals surface area contributed by atoms with Gasteiger partial charge in [-0.3, -0.25) is 19.4 Å². The number of unbranched alkanes of at least 4 members (excludes halogenated alkanes) is 1. The lowest BCUT2D eigenvalue weighted by Crippen LogP contribution is -2.52. The zero-order valence-electron chi connectivity index (χ0n) is 14.2. The van der Waals surface area contributed by atoms with E-state index in [4.69, 9.17) is 28.0 Å². The third-order valence-corrected chi connectivity index (χ3v) is 3.30. The Morgan fingerprint density at radius 3 is 2.28 bits per heavy atom. The highest BCUT2D eigenvalue weighted by atomic mass is 16.4. The number of hydrogen-bond acceptors (Lipinski definition) is 6. The molecule has 0 aliphatic rings. The standard InChI is InChI=1S/C14H29N7O4/c15-6-2-1-4-9(16)12(24)21-10(5-3-7-19-14(17)18)13(25)20-8-11(22)23/h9-10H,1-8,15-16H2,(H,20,25)(H,21,24)(H,22,23)(H4,17,18,19). The van der Waals surface area contributed by atoms with E-state index < -0.39 is 36.4 Å². The van der Waals surface area contributed by atoms with E-state index in [-0.39, 0.29) is 18.9 Å². The molecule has 144 valence electrons.